The Kier molecular flexibility index (Phi) is 8.74. The zero-order chi connectivity index (χ0) is 22.1. The lowest BCUT2D eigenvalue weighted by Gasteiger charge is -2.17. The molecule has 0 spiro atoms. The molecule has 3 N–H and O–H groups in total. The Morgan fingerprint density at radius 3 is 2.77 bits per heavy atom. The maximum absolute atomic E-state index is 10.5. The summed E-state index contributed by atoms with van der Waals surface area (Å²) in [6, 6.07) is 14.2. The number of hydrogen-bond acceptors (Lipinski definition) is 4. The molecular formula is C25H35N3O3. The zero-order valence-electron chi connectivity index (χ0n) is 18.9. The number of guanidine groups is 1. The number of hydrogen-bond donors (Lipinski definition) is 3. The second-order valence-corrected chi connectivity index (χ2v) is 8.16. The topological polar surface area (TPSA) is 75.1 Å². The van der Waals surface area contributed by atoms with E-state index in [0.717, 1.165) is 54.2 Å². The number of aliphatic imine (C=N–C) groups is 1. The molecule has 0 amide bonds. The van der Waals surface area contributed by atoms with Gasteiger partial charge in [0.1, 0.15) is 5.75 Å². The van der Waals surface area contributed by atoms with Crippen LogP contribution in [0, 0.1) is 19.8 Å². The quantitative estimate of drug-likeness (QED) is 0.423. The summed E-state index contributed by atoms with van der Waals surface area (Å²) < 4.78 is 11.6. The van der Waals surface area contributed by atoms with E-state index in [1.807, 2.05) is 38.1 Å². The Balaban J connectivity index is 1.62. The van der Waals surface area contributed by atoms with Crippen LogP contribution in [-0.2, 0) is 11.3 Å². The van der Waals surface area contributed by atoms with Gasteiger partial charge in [-0.3, -0.25) is 0 Å². The molecule has 3 rings (SSSR count). The van der Waals surface area contributed by atoms with Gasteiger partial charge in [0.05, 0.1) is 25.9 Å². The van der Waals surface area contributed by atoms with Gasteiger partial charge in [-0.1, -0.05) is 42.0 Å². The van der Waals surface area contributed by atoms with E-state index in [0.29, 0.717) is 31.6 Å². The summed E-state index contributed by atoms with van der Waals surface area (Å²) in [7, 11) is 0. The first kappa shape index (κ1) is 23.1. The predicted molar refractivity (Wildman–Crippen MR) is 125 cm³/mol. The molecule has 2 unspecified atom stereocenters. The van der Waals surface area contributed by atoms with Gasteiger partial charge in [-0.25, -0.2) is 4.99 Å². The van der Waals surface area contributed by atoms with Gasteiger partial charge < -0.3 is 25.2 Å². The Hall–Kier alpha value is -2.57. The summed E-state index contributed by atoms with van der Waals surface area (Å²) in [5, 5.41) is 17.0. The van der Waals surface area contributed by atoms with Crippen molar-refractivity contribution < 1.29 is 14.6 Å². The summed E-state index contributed by atoms with van der Waals surface area (Å²) in [5.74, 6) is 2.01. The van der Waals surface area contributed by atoms with Crippen LogP contribution in [0.3, 0.4) is 0 Å². The Bertz CT molecular complexity index is 863. The lowest BCUT2D eigenvalue weighted by atomic mass is 10.1. The minimum Gasteiger partial charge on any atom is -0.493 e. The minimum absolute atomic E-state index is 0.383. The molecule has 6 heteroatoms. The second-order valence-electron chi connectivity index (χ2n) is 8.16. The standard InChI is InChI=1S/C25H35N3O3/c1-4-26-25(28-15-23(29)21-7-5-6-18(2)12-21)27-14-22-9-8-19(3)13-24(22)31-17-20-10-11-30-16-20/h5-9,12-13,20,23,29H,4,10-11,14-17H2,1-3H3,(H2,26,27,28). The lowest BCUT2D eigenvalue weighted by Crippen LogP contribution is -2.39. The predicted octanol–water partition coefficient (Wildman–Crippen LogP) is 3.51. The maximum Gasteiger partial charge on any atom is 0.191 e. The van der Waals surface area contributed by atoms with Crippen molar-refractivity contribution >= 4 is 5.96 Å². The van der Waals surface area contributed by atoms with Gasteiger partial charge in [-0.2, -0.15) is 0 Å². The fourth-order valence-corrected chi connectivity index (χ4v) is 3.54. The molecule has 1 saturated heterocycles. The van der Waals surface area contributed by atoms with Gasteiger partial charge in [0.25, 0.3) is 0 Å². The van der Waals surface area contributed by atoms with E-state index in [1.165, 1.54) is 0 Å². The number of rotatable bonds is 9. The van der Waals surface area contributed by atoms with E-state index in [1.54, 1.807) is 0 Å². The van der Waals surface area contributed by atoms with Crippen molar-refractivity contribution in [2.45, 2.75) is 39.8 Å². The van der Waals surface area contributed by atoms with Crippen LogP contribution in [0.15, 0.2) is 47.5 Å². The van der Waals surface area contributed by atoms with Gasteiger partial charge in [0.2, 0.25) is 0 Å². The van der Waals surface area contributed by atoms with Crippen LogP contribution in [0.2, 0.25) is 0 Å². The lowest BCUT2D eigenvalue weighted by molar-refractivity contribution is 0.166. The number of aliphatic hydroxyl groups is 1. The molecule has 6 nitrogen and oxygen atoms in total. The second kappa shape index (κ2) is 11.7. The summed E-state index contributed by atoms with van der Waals surface area (Å²) in [5.41, 5.74) is 4.24. The van der Waals surface area contributed by atoms with E-state index in [-0.39, 0.29) is 0 Å². The molecule has 0 aliphatic carbocycles. The van der Waals surface area contributed by atoms with E-state index in [4.69, 9.17) is 14.5 Å². The van der Waals surface area contributed by atoms with E-state index >= 15 is 0 Å². The van der Waals surface area contributed by atoms with Crippen LogP contribution in [0.1, 0.15) is 41.7 Å². The summed E-state index contributed by atoms with van der Waals surface area (Å²) in [6.45, 7) is 10.0. The van der Waals surface area contributed by atoms with Crippen molar-refractivity contribution in [1.82, 2.24) is 10.6 Å². The zero-order valence-corrected chi connectivity index (χ0v) is 18.9. The summed E-state index contributed by atoms with van der Waals surface area (Å²) in [6.07, 6.45) is 0.451. The molecule has 2 aromatic rings. The highest BCUT2D eigenvalue weighted by Gasteiger charge is 2.17. The van der Waals surface area contributed by atoms with Crippen LogP contribution < -0.4 is 15.4 Å². The van der Waals surface area contributed by atoms with Gasteiger partial charge in [0.15, 0.2) is 5.96 Å². The van der Waals surface area contributed by atoms with Crippen molar-refractivity contribution in [2.75, 3.05) is 32.9 Å². The third-order valence-corrected chi connectivity index (χ3v) is 5.36. The molecule has 31 heavy (non-hydrogen) atoms. The third kappa shape index (κ3) is 7.26. The smallest absolute Gasteiger partial charge is 0.191 e. The van der Waals surface area contributed by atoms with Crippen molar-refractivity contribution in [3.8, 4) is 5.75 Å². The third-order valence-electron chi connectivity index (χ3n) is 5.36. The number of nitrogens with zero attached hydrogens (tertiary/aromatic N) is 1. The Labute approximate surface area is 185 Å². The minimum atomic E-state index is -0.601. The molecule has 1 fully saturated rings. The number of benzene rings is 2. The fraction of sp³-hybridized carbons (Fsp3) is 0.480. The van der Waals surface area contributed by atoms with Crippen molar-refractivity contribution in [1.29, 1.82) is 0 Å². The Morgan fingerprint density at radius 1 is 1.19 bits per heavy atom. The summed E-state index contributed by atoms with van der Waals surface area (Å²) in [4.78, 5) is 4.72. The van der Waals surface area contributed by atoms with E-state index in [9.17, 15) is 5.11 Å². The number of aliphatic hydroxyl groups excluding tert-OH is 1. The van der Waals surface area contributed by atoms with E-state index in [2.05, 4.69) is 35.8 Å². The molecule has 0 radical (unpaired) electrons. The van der Waals surface area contributed by atoms with Gasteiger partial charge >= 0.3 is 0 Å². The Morgan fingerprint density at radius 2 is 2.03 bits per heavy atom. The highest BCUT2D eigenvalue weighted by Crippen LogP contribution is 2.23. The average Bonchev–Trinajstić information content (AvgIpc) is 3.28. The number of ether oxygens (including phenoxy) is 2. The molecule has 2 aromatic carbocycles. The van der Waals surface area contributed by atoms with E-state index < -0.39 is 6.10 Å². The largest absolute Gasteiger partial charge is 0.493 e. The van der Waals surface area contributed by atoms with Crippen molar-refractivity contribution in [3.63, 3.8) is 0 Å². The van der Waals surface area contributed by atoms with Crippen LogP contribution in [0.4, 0.5) is 0 Å². The normalized spacial score (nSPS) is 17.4. The SMILES string of the molecule is CCNC(=NCc1ccc(C)cc1OCC1CCOC1)NCC(O)c1cccc(C)c1. The van der Waals surface area contributed by atoms with Crippen LogP contribution >= 0.6 is 0 Å². The first-order valence-electron chi connectivity index (χ1n) is 11.1. The number of aryl methyl sites for hydroxylation is 2. The van der Waals surface area contributed by atoms with Crippen LogP contribution in [0.5, 0.6) is 5.75 Å². The highest BCUT2D eigenvalue weighted by molar-refractivity contribution is 5.79. The molecular weight excluding hydrogens is 390 g/mol. The highest BCUT2D eigenvalue weighted by atomic mass is 16.5. The first-order valence-corrected chi connectivity index (χ1v) is 11.1. The van der Waals surface area contributed by atoms with Gasteiger partial charge in [-0.15, -0.1) is 0 Å². The molecule has 0 aromatic heterocycles. The molecule has 0 bridgehead atoms. The molecule has 1 aliphatic heterocycles. The van der Waals surface area contributed by atoms with Gasteiger partial charge in [0, 0.05) is 31.2 Å². The average molecular weight is 426 g/mol. The number of nitrogens with one attached hydrogen (secondary N) is 2. The molecule has 2 atom stereocenters. The molecule has 1 aliphatic rings. The summed E-state index contributed by atoms with van der Waals surface area (Å²) >= 11 is 0. The van der Waals surface area contributed by atoms with Crippen LogP contribution in [-0.4, -0.2) is 44.0 Å². The first-order chi connectivity index (χ1) is 15.0. The fourth-order valence-electron chi connectivity index (χ4n) is 3.54. The maximum atomic E-state index is 10.5. The van der Waals surface area contributed by atoms with Crippen LogP contribution in [0.25, 0.3) is 0 Å². The molecule has 1 heterocycles. The molecule has 168 valence electrons. The van der Waals surface area contributed by atoms with Crippen molar-refractivity contribution in [2.24, 2.45) is 10.9 Å². The molecule has 0 saturated carbocycles. The van der Waals surface area contributed by atoms with Gasteiger partial charge in [-0.05, 0) is 44.4 Å². The van der Waals surface area contributed by atoms with Crippen molar-refractivity contribution in [3.05, 3.63) is 64.7 Å². The monoisotopic (exact) mass is 425 g/mol.